The zero-order chi connectivity index (χ0) is 9.03. The fourth-order valence-electron chi connectivity index (χ4n) is 1.18. The van der Waals surface area contributed by atoms with Crippen molar-refractivity contribution in [2.75, 3.05) is 18.1 Å². The fourth-order valence-corrected chi connectivity index (χ4v) is 2.80. The summed E-state index contributed by atoms with van der Waals surface area (Å²) in [6, 6.07) is 0. The zero-order valence-corrected chi connectivity index (χ0v) is 8.01. The van der Waals surface area contributed by atoms with Gasteiger partial charge in [0, 0.05) is 0 Å². The summed E-state index contributed by atoms with van der Waals surface area (Å²) in [5.41, 5.74) is 0. The number of sulfone groups is 1. The van der Waals surface area contributed by atoms with Crippen LogP contribution in [0.5, 0.6) is 0 Å². The van der Waals surface area contributed by atoms with Gasteiger partial charge in [0.05, 0.1) is 24.2 Å². The molecular weight excluding hydrogens is 176 g/mol. The van der Waals surface area contributed by atoms with Gasteiger partial charge in [-0.2, -0.15) is 0 Å². The molecule has 0 N–H and O–H groups in total. The summed E-state index contributed by atoms with van der Waals surface area (Å²) >= 11 is 0. The van der Waals surface area contributed by atoms with E-state index in [4.69, 9.17) is 4.74 Å². The Hall–Kier alpha value is -0.350. The van der Waals surface area contributed by atoms with E-state index >= 15 is 0 Å². The van der Waals surface area contributed by atoms with Crippen LogP contribution in [0.2, 0.25) is 0 Å². The summed E-state index contributed by atoms with van der Waals surface area (Å²) in [6.45, 7) is 2.44. The molecule has 1 saturated heterocycles. The van der Waals surface area contributed by atoms with Crippen LogP contribution >= 0.6 is 0 Å². The van der Waals surface area contributed by atoms with Gasteiger partial charge in [0.1, 0.15) is 0 Å². The first-order chi connectivity index (χ1) is 5.64. The van der Waals surface area contributed by atoms with Crippen LogP contribution in [-0.2, 0) is 14.6 Å². The van der Waals surface area contributed by atoms with E-state index in [2.05, 4.69) is 0 Å². The highest BCUT2D eigenvalue weighted by Crippen LogP contribution is 2.14. The van der Waals surface area contributed by atoms with Gasteiger partial charge in [0.2, 0.25) is 0 Å². The third-order valence-electron chi connectivity index (χ3n) is 1.85. The van der Waals surface area contributed by atoms with Crippen molar-refractivity contribution in [2.24, 2.45) is 0 Å². The highest BCUT2D eigenvalue weighted by atomic mass is 32.2. The van der Waals surface area contributed by atoms with Crippen molar-refractivity contribution in [2.45, 2.75) is 19.4 Å². The van der Waals surface area contributed by atoms with Gasteiger partial charge in [-0.25, -0.2) is 8.42 Å². The predicted molar refractivity (Wildman–Crippen MR) is 47.8 cm³/mol. The van der Waals surface area contributed by atoms with Gasteiger partial charge in [-0.05, 0) is 13.3 Å². The fraction of sp³-hybridized carbons (Fsp3) is 0.750. The van der Waals surface area contributed by atoms with Crippen molar-refractivity contribution in [1.29, 1.82) is 0 Å². The molecular formula is C8H14O3S. The first-order valence-electron chi connectivity index (χ1n) is 4.07. The third kappa shape index (κ3) is 2.95. The van der Waals surface area contributed by atoms with Crippen molar-refractivity contribution in [3.63, 3.8) is 0 Å². The lowest BCUT2D eigenvalue weighted by molar-refractivity contribution is 0.0937. The molecule has 0 saturated carbocycles. The largest absolute Gasteiger partial charge is 0.373 e. The second-order valence-electron chi connectivity index (χ2n) is 2.93. The molecule has 1 rings (SSSR count). The van der Waals surface area contributed by atoms with Crippen LogP contribution in [0.4, 0.5) is 0 Å². The average Bonchev–Trinajstić information content (AvgIpc) is 2.31. The van der Waals surface area contributed by atoms with E-state index in [1.165, 1.54) is 0 Å². The van der Waals surface area contributed by atoms with Crippen molar-refractivity contribution in [1.82, 2.24) is 0 Å². The van der Waals surface area contributed by atoms with E-state index in [1.54, 1.807) is 0 Å². The number of allylic oxidation sites excluding steroid dienone is 1. The van der Waals surface area contributed by atoms with Gasteiger partial charge in [-0.15, -0.1) is 0 Å². The predicted octanol–water partition coefficient (Wildman–Crippen LogP) is 0.766. The van der Waals surface area contributed by atoms with Gasteiger partial charge in [-0.1, -0.05) is 12.2 Å². The van der Waals surface area contributed by atoms with Crippen LogP contribution in [-0.4, -0.2) is 32.6 Å². The lowest BCUT2D eigenvalue weighted by Gasteiger charge is -2.06. The molecule has 1 fully saturated rings. The van der Waals surface area contributed by atoms with Crippen LogP contribution in [0.15, 0.2) is 12.2 Å². The smallest absolute Gasteiger partial charge is 0.152 e. The minimum absolute atomic E-state index is 0.0776. The Morgan fingerprint density at radius 3 is 2.83 bits per heavy atom. The van der Waals surface area contributed by atoms with Crippen LogP contribution in [0.25, 0.3) is 0 Å². The number of hydrogen-bond acceptors (Lipinski definition) is 3. The topological polar surface area (TPSA) is 43.4 Å². The molecule has 1 unspecified atom stereocenters. The van der Waals surface area contributed by atoms with Crippen molar-refractivity contribution >= 4 is 9.84 Å². The highest BCUT2D eigenvalue weighted by molar-refractivity contribution is 7.91. The summed E-state index contributed by atoms with van der Waals surface area (Å²) < 4.78 is 27.3. The second-order valence-corrected chi connectivity index (χ2v) is 5.16. The van der Waals surface area contributed by atoms with Crippen molar-refractivity contribution in [3.8, 4) is 0 Å². The van der Waals surface area contributed by atoms with Gasteiger partial charge in [0.25, 0.3) is 0 Å². The Labute approximate surface area is 73.3 Å². The molecule has 4 heteroatoms. The van der Waals surface area contributed by atoms with Gasteiger partial charge in [0.15, 0.2) is 9.84 Å². The molecule has 0 aromatic rings. The normalized spacial score (nSPS) is 28.2. The second kappa shape index (κ2) is 4.05. The maximum Gasteiger partial charge on any atom is 0.152 e. The highest BCUT2D eigenvalue weighted by Gasteiger charge is 2.27. The van der Waals surface area contributed by atoms with Crippen LogP contribution in [0.3, 0.4) is 0 Å². The maximum atomic E-state index is 11.0. The molecule has 0 aliphatic carbocycles. The Morgan fingerprint density at radius 2 is 2.33 bits per heavy atom. The Balaban J connectivity index is 2.29. The SMILES string of the molecule is C/C=C/COC1CCS(=O)(=O)C1. The Bertz CT molecular complexity index is 253. The summed E-state index contributed by atoms with van der Waals surface area (Å²) in [5, 5.41) is 0. The molecule has 1 atom stereocenters. The molecule has 1 aliphatic rings. The quantitative estimate of drug-likeness (QED) is 0.617. The van der Waals surface area contributed by atoms with Gasteiger partial charge in [-0.3, -0.25) is 0 Å². The van der Waals surface area contributed by atoms with Gasteiger partial charge >= 0.3 is 0 Å². The first kappa shape index (κ1) is 9.74. The summed E-state index contributed by atoms with van der Waals surface area (Å²) in [4.78, 5) is 0. The summed E-state index contributed by atoms with van der Waals surface area (Å²) in [7, 11) is -2.78. The van der Waals surface area contributed by atoms with Crippen molar-refractivity contribution in [3.05, 3.63) is 12.2 Å². The molecule has 0 bridgehead atoms. The van der Waals surface area contributed by atoms with E-state index in [9.17, 15) is 8.42 Å². The maximum absolute atomic E-state index is 11.0. The molecule has 1 aliphatic heterocycles. The van der Waals surface area contributed by atoms with Gasteiger partial charge < -0.3 is 4.74 Å². The first-order valence-corrected chi connectivity index (χ1v) is 5.89. The molecule has 0 spiro atoms. The van der Waals surface area contributed by atoms with Crippen LogP contribution in [0.1, 0.15) is 13.3 Å². The molecule has 12 heavy (non-hydrogen) atoms. The van der Waals surface area contributed by atoms with Crippen molar-refractivity contribution < 1.29 is 13.2 Å². The molecule has 0 aromatic heterocycles. The molecule has 0 amide bonds. The number of hydrogen-bond donors (Lipinski definition) is 0. The number of ether oxygens (including phenoxy) is 1. The monoisotopic (exact) mass is 190 g/mol. The van der Waals surface area contributed by atoms with E-state index in [0.29, 0.717) is 13.0 Å². The standard InChI is InChI=1S/C8H14O3S/c1-2-3-5-11-8-4-6-12(9,10)7-8/h2-3,8H,4-7H2,1H3/b3-2+. The molecule has 0 radical (unpaired) electrons. The number of rotatable bonds is 3. The van der Waals surface area contributed by atoms with E-state index in [-0.39, 0.29) is 17.6 Å². The van der Waals surface area contributed by atoms with E-state index in [1.807, 2.05) is 19.1 Å². The molecule has 70 valence electrons. The average molecular weight is 190 g/mol. The zero-order valence-electron chi connectivity index (χ0n) is 7.19. The summed E-state index contributed by atoms with van der Waals surface area (Å²) in [5.74, 6) is 0.484. The minimum Gasteiger partial charge on any atom is -0.373 e. The molecule has 3 nitrogen and oxygen atoms in total. The summed E-state index contributed by atoms with van der Waals surface area (Å²) in [6.07, 6.45) is 4.35. The van der Waals surface area contributed by atoms with E-state index in [0.717, 1.165) is 0 Å². The molecule has 0 aromatic carbocycles. The Kier molecular flexibility index (Phi) is 3.29. The van der Waals surface area contributed by atoms with Crippen LogP contribution in [0, 0.1) is 0 Å². The third-order valence-corrected chi connectivity index (χ3v) is 3.59. The lowest BCUT2D eigenvalue weighted by atomic mass is 10.3. The lowest BCUT2D eigenvalue weighted by Crippen LogP contribution is -2.14. The molecule has 1 heterocycles. The minimum atomic E-state index is -2.78. The van der Waals surface area contributed by atoms with Crippen LogP contribution < -0.4 is 0 Å². The Morgan fingerprint density at radius 1 is 1.58 bits per heavy atom. The van der Waals surface area contributed by atoms with E-state index < -0.39 is 9.84 Å².